The monoisotopic (exact) mass is 582 g/mol. The van der Waals surface area contributed by atoms with E-state index in [1.54, 1.807) is 0 Å². The van der Waals surface area contributed by atoms with Gasteiger partial charge < -0.3 is 25.2 Å². The topological polar surface area (TPSA) is 91.0 Å². The summed E-state index contributed by atoms with van der Waals surface area (Å²) >= 11 is 0. The Morgan fingerprint density at radius 1 is 1.10 bits per heavy atom. The summed E-state index contributed by atoms with van der Waals surface area (Å²) in [5.41, 5.74) is 0.590. The summed E-state index contributed by atoms with van der Waals surface area (Å²) in [6.45, 7) is 12.4. The number of nitrogens with one attached hydrogen (secondary N) is 2. The molecule has 1 aromatic rings. The molecule has 0 aromatic heterocycles. The van der Waals surface area contributed by atoms with E-state index in [1.807, 2.05) is 11.0 Å². The molecule has 4 rings (SSSR count). The number of amides is 3. The van der Waals surface area contributed by atoms with Gasteiger partial charge in [0.2, 0.25) is 11.8 Å². The largest absolute Gasteiger partial charge is 0.446 e. The lowest BCUT2D eigenvalue weighted by molar-refractivity contribution is -0.161. The average molecular weight is 583 g/mol. The molecule has 42 heavy (non-hydrogen) atoms. The van der Waals surface area contributed by atoms with Gasteiger partial charge in [0.15, 0.2) is 0 Å². The molecule has 2 aliphatic heterocycles. The molecule has 4 atom stereocenters. The van der Waals surface area contributed by atoms with Gasteiger partial charge in [0, 0.05) is 32.7 Å². The van der Waals surface area contributed by atoms with Crippen molar-refractivity contribution >= 4 is 17.9 Å². The van der Waals surface area contributed by atoms with Crippen molar-refractivity contribution in [2.45, 2.75) is 110 Å². The number of hydrogen-bond acceptors (Lipinski definition) is 5. The van der Waals surface area contributed by atoms with Gasteiger partial charge in [0.25, 0.3) is 0 Å². The molecule has 3 fully saturated rings. The smallest absolute Gasteiger partial charge is 0.407 e. The number of benzene rings is 1. The number of piperidine rings is 1. The highest BCUT2D eigenvalue weighted by molar-refractivity contribution is 6.00. The number of piperazine rings is 1. The van der Waals surface area contributed by atoms with Gasteiger partial charge in [-0.3, -0.25) is 9.59 Å². The fourth-order valence-corrected chi connectivity index (χ4v) is 7.29. The van der Waals surface area contributed by atoms with Crippen molar-refractivity contribution < 1.29 is 19.1 Å². The Kier molecular flexibility index (Phi) is 11.7. The van der Waals surface area contributed by atoms with Crippen molar-refractivity contribution in [3.8, 4) is 0 Å². The molecule has 2 saturated heterocycles. The fourth-order valence-electron chi connectivity index (χ4n) is 7.29. The van der Waals surface area contributed by atoms with Crippen LogP contribution >= 0.6 is 0 Å². The summed E-state index contributed by atoms with van der Waals surface area (Å²) in [6.07, 6.45) is 8.11. The molecular formula is C34H54N4O4. The number of unbranched alkanes of at least 4 members (excludes halogenated alkanes) is 1. The highest BCUT2D eigenvalue weighted by Gasteiger charge is 2.53. The van der Waals surface area contributed by atoms with E-state index < -0.39 is 11.6 Å². The molecule has 0 radical (unpaired) electrons. The molecule has 8 nitrogen and oxygen atoms in total. The van der Waals surface area contributed by atoms with Crippen LogP contribution in [0.5, 0.6) is 0 Å². The molecule has 234 valence electrons. The summed E-state index contributed by atoms with van der Waals surface area (Å²) in [5.74, 6) is 1.56. The summed E-state index contributed by atoms with van der Waals surface area (Å²) in [4.78, 5) is 44.0. The second-order valence-electron chi connectivity index (χ2n) is 13.3. The van der Waals surface area contributed by atoms with Gasteiger partial charge in [-0.2, -0.15) is 0 Å². The first-order valence-corrected chi connectivity index (χ1v) is 16.6. The highest BCUT2D eigenvalue weighted by atomic mass is 16.6. The molecule has 0 bridgehead atoms. The molecule has 2 N–H and O–H groups in total. The van der Waals surface area contributed by atoms with Crippen LogP contribution in [0.25, 0.3) is 0 Å². The summed E-state index contributed by atoms with van der Waals surface area (Å²) in [6, 6.07) is 10.0. The Morgan fingerprint density at radius 3 is 2.52 bits per heavy atom. The molecule has 2 heterocycles. The standard InChI is InChI=1S/C34H54N4O4/c1-5-20-38-31(39)29(13-9-10-19-35-33(41)42-30-24-26(4)14-15-28(30)25(2)3)36-32(40)34(38)17-22-37(23-18-34)21-16-27-11-7-6-8-12-27/h6-8,11-12,25-26,28-30H,5,9-10,13-24H2,1-4H3,(H,35,41)(H,36,40)/t26-,28+,29-,30-/m0/s1. The molecule has 3 aliphatic rings. The van der Waals surface area contributed by atoms with E-state index in [0.717, 1.165) is 58.2 Å². The molecule has 1 spiro atoms. The highest BCUT2D eigenvalue weighted by Crippen LogP contribution is 2.36. The van der Waals surface area contributed by atoms with Crippen molar-refractivity contribution in [3.05, 3.63) is 35.9 Å². The molecule has 8 heteroatoms. The van der Waals surface area contributed by atoms with E-state index in [4.69, 9.17) is 4.74 Å². The quantitative estimate of drug-likeness (QED) is 0.333. The number of carbonyl (C=O) groups excluding carboxylic acids is 3. The molecule has 1 aliphatic carbocycles. The predicted octanol–water partition coefficient (Wildman–Crippen LogP) is 5.16. The maximum atomic E-state index is 13.6. The Bertz CT molecular complexity index is 1020. The second kappa shape index (κ2) is 15.2. The first-order chi connectivity index (χ1) is 20.2. The van der Waals surface area contributed by atoms with E-state index in [1.165, 1.54) is 12.0 Å². The Balaban J connectivity index is 1.21. The van der Waals surface area contributed by atoms with Crippen molar-refractivity contribution in [3.63, 3.8) is 0 Å². The molecular weight excluding hydrogens is 528 g/mol. The zero-order chi connectivity index (χ0) is 30.1. The van der Waals surface area contributed by atoms with Crippen LogP contribution in [-0.2, 0) is 20.7 Å². The molecule has 1 saturated carbocycles. The lowest BCUT2D eigenvalue weighted by Crippen LogP contribution is -2.72. The van der Waals surface area contributed by atoms with Crippen LogP contribution in [0.2, 0.25) is 0 Å². The van der Waals surface area contributed by atoms with Crippen LogP contribution in [-0.4, -0.2) is 78.1 Å². The van der Waals surface area contributed by atoms with Crippen LogP contribution in [0.4, 0.5) is 4.79 Å². The maximum Gasteiger partial charge on any atom is 0.407 e. The predicted molar refractivity (Wildman–Crippen MR) is 166 cm³/mol. The van der Waals surface area contributed by atoms with Gasteiger partial charge in [-0.25, -0.2) is 4.79 Å². The zero-order valence-corrected chi connectivity index (χ0v) is 26.4. The summed E-state index contributed by atoms with van der Waals surface area (Å²) in [7, 11) is 0. The third-order valence-electron chi connectivity index (χ3n) is 9.91. The van der Waals surface area contributed by atoms with E-state index in [-0.39, 0.29) is 24.0 Å². The van der Waals surface area contributed by atoms with Crippen molar-refractivity contribution in [2.24, 2.45) is 17.8 Å². The van der Waals surface area contributed by atoms with E-state index in [2.05, 4.69) is 67.5 Å². The average Bonchev–Trinajstić information content (AvgIpc) is 2.97. The summed E-state index contributed by atoms with van der Waals surface area (Å²) in [5, 5.41) is 6.01. The minimum atomic E-state index is -0.734. The van der Waals surface area contributed by atoms with Gasteiger partial charge in [-0.05, 0) is 81.1 Å². The third-order valence-corrected chi connectivity index (χ3v) is 9.91. The number of alkyl carbamates (subject to hydrolysis) is 1. The number of rotatable bonds is 12. The molecule has 0 unspecified atom stereocenters. The van der Waals surface area contributed by atoms with Crippen LogP contribution in [0.1, 0.15) is 91.0 Å². The van der Waals surface area contributed by atoms with Gasteiger partial charge in [-0.15, -0.1) is 0 Å². The fraction of sp³-hybridized carbons (Fsp3) is 0.735. The second-order valence-corrected chi connectivity index (χ2v) is 13.3. The van der Waals surface area contributed by atoms with Gasteiger partial charge >= 0.3 is 6.09 Å². The van der Waals surface area contributed by atoms with Crippen molar-refractivity contribution in [1.29, 1.82) is 0 Å². The van der Waals surface area contributed by atoms with E-state index in [0.29, 0.717) is 50.1 Å². The lowest BCUT2D eigenvalue weighted by Gasteiger charge is -2.51. The van der Waals surface area contributed by atoms with E-state index in [9.17, 15) is 14.4 Å². The normalized spacial score (nSPS) is 26.4. The van der Waals surface area contributed by atoms with E-state index >= 15 is 0 Å². The van der Waals surface area contributed by atoms with Crippen molar-refractivity contribution in [1.82, 2.24) is 20.4 Å². The van der Waals surface area contributed by atoms with Crippen LogP contribution < -0.4 is 10.6 Å². The first kappa shape index (κ1) is 32.3. The van der Waals surface area contributed by atoms with Gasteiger partial charge in [0.05, 0.1) is 0 Å². The minimum absolute atomic E-state index is 0.00591. The van der Waals surface area contributed by atoms with Crippen LogP contribution in [0.15, 0.2) is 30.3 Å². The minimum Gasteiger partial charge on any atom is -0.446 e. The Labute approximate surface area is 253 Å². The number of ether oxygens (including phenoxy) is 1. The molecule has 3 amide bonds. The van der Waals surface area contributed by atoms with Crippen molar-refractivity contribution in [2.75, 3.05) is 32.7 Å². The maximum absolute atomic E-state index is 13.6. The molecule has 1 aromatic carbocycles. The number of likely N-dealkylation sites (tertiary alicyclic amines) is 1. The Morgan fingerprint density at radius 2 is 1.83 bits per heavy atom. The first-order valence-electron chi connectivity index (χ1n) is 16.6. The third kappa shape index (κ3) is 8.06. The SMILES string of the molecule is CCCN1C(=O)[C@H](CCCCNC(=O)O[C@H]2C[C@@H](C)CC[C@@H]2C(C)C)NC(=O)C12CCN(CCc1ccccc1)CC2. The Hall–Kier alpha value is -2.61. The lowest BCUT2D eigenvalue weighted by atomic mass is 9.75. The number of carbonyl (C=O) groups is 3. The number of hydrogen-bond donors (Lipinski definition) is 2. The zero-order valence-electron chi connectivity index (χ0n) is 26.4. The number of nitrogens with zero attached hydrogens (tertiary/aromatic N) is 2. The van der Waals surface area contributed by atoms with Crippen LogP contribution in [0.3, 0.4) is 0 Å². The van der Waals surface area contributed by atoms with Gasteiger partial charge in [-0.1, -0.05) is 64.4 Å². The summed E-state index contributed by atoms with van der Waals surface area (Å²) < 4.78 is 5.84. The van der Waals surface area contributed by atoms with Crippen LogP contribution in [0, 0.1) is 17.8 Å². The van der Waals surface area contributed by atoms with Gasteiger partial charge in [0.1, 0.15) is 17.7 Å².